The second kappa shape index (κ2) is 3.64. The van der Waals surface area contributed by atoms with Gasteiger partial charge in [0, 0.05) is 11.3 Å². The van der Waals surface area contributed by atoms with Crippen molar-refractivity contribution in [1.82, 2.24) is 0 Å². The topological polar surface area (TPSA) is 0 Å². The molecule has 1 aliphatic rings. The van der Waals surface area contributed by atoms with E-state index in [1.807, 2.05) is 0 Å². The average molecular weight is 229 g/mol. The van der Waals surface area contributed by atoms with Crippen LogP contribution in [0.3, 0.4) is 0 Å². The number of fused-ring (bicyclic) bond motifs is 3. The molecule has 0 saturated heterocycles. The molecular weight excluding hydrogens is 216 g/mol. The van der Waals surface area contributed by atoms with Gasteiger partial charge in [0.1, 0.15) is 0 Å². The lowest BCUT2D eigenvalue weighted by atomic mass is 9.94. The van der Waals surface area contributed by atoms with Crippen molar-refractivity contribution in [3.05, 3.63) is 59.7 Å². The molecule has 0 spiro atoms. The summed E-state index contributed by atoms with van der Waals surface area (Å²) in [5.41, 5.74) is 5.42. The number of hydrogen-bond acceptors (Lipinski definition) is 0. The zero-order valence-electron chi connectivity index (χ0n) is 9.15. The lowest BCUT2D eigenvalue weighted by molar-refractivity contribution is 0.806. The highest BCUT2D eigenvalue weighted by Crippen LogP contribution is 2.47. The Labute approximate surface area is 101 Å². The lowest BCUT2D eigenvalue weighted by Gasteiger charge is -2.15. The fourth-order valence-electron chi connectivity index (χ4n) is 2.69. The normalized spacial score (nSPS) is 15.6. The maximum Gasteiger partial charge on any atom is 0.0417 e. The van der Waals surface area contributed by atoms with Crippen LogP contribution >= 0.6 is 11.6 Å². The van der Waals surface area contributed by atoms with Crippen LogP contribution < -0.4 is 0 Å². The van der Waals surface area contributed by atoms with Crippen LogP contribution in [-0.4, -0.2) is 5.38 Å². The molecule has 1 aliphatic carbocycles. The number of benzene rings is 2. The van der Waals surface area contributed by atoms with Gasteiger partial charge in [0.15, 0.2) is 0 Å². The molecule has 0 nitrogen and oxygen atoms in total. The first kappa shape index (κ1) is 9.92. The summed E-state index contributed by atoms with van der Waals surface area (Å²) in [6.45, 7) is 2.07. The molecule has 0 fully saturated rings. The Hall–Kier alpha value is -1.27. The zero-order chi connectivity index (χ0) is 11.1. The maximum absolute atomic E-state index is 6.34. The Morgan fingerprint density at radius 1 is 0.875 bits per heavy atom. The van der Waals surface area contributed by atoms with Gasteiger partial charge in [-0.25, -0.2) is 0 Å². The molecule has 2 aromatic carbocycles. The SMILES string of the molecule is CC(Cl)C1c2ccccc2-c2ccccc21. The number of halogens is 1. The summed E-state index contributed by atoms with van der Waals surface area (Å²) in [4.78, 5) is 0. The van der Waals surface area contributed by atoms with E-state index in [9.17, 15) is 0 Å². The smallest absolute Gasteiger partial charge is 0.0417 e. The molecule has 0 aromatic heterocycles. The van der Waals surface area contributed by atoms with Crippen molar-refractivity contribution in [1.29, 1.82) is 0 Å². The quantitative estimate of drug-likeness (QED) is 0.634. The summed E-state index contributed by atoms with van der Waals surface area (Å²) < 4.78 is 0. The van der Waals surface area contributed by atoms with E-state index >= 15 is 0 Å². The van der Waals surface area contributed by atoms with Crippen LogP contribution in [-0.2, 0) is 0 Å². The van der Waals surface area contributed by atoms with E-state index in [1.165, 1.54) is 22.3 Å². The van der Waals surface area contributed by atoms with Crippen LogP contribution in [0.15, 0.2) is 48.5 Å². The highest BCUT2D eigenvalue weighted by Gasteiger charge is 2.30. The van der Waals surface area contributed by atoms with Crippen LogP contribution in [0.5, 0.6) is 0 Å². The standard InChI is InChI=1S/C15H13Cl/c1-10(16)15-13-8-4-2-6-11(13)12-7-3-5-9-14(12)15/h2-10,15H,1H3. The first-order chi connectivity index (χ1) is 7.79. The van der Waals surface area contributed by atoms with E-state index in [0.29, 0.717) is 5.92 Å². The molecule has 0 saturated carbocycles. The molecule has 0 bridgehead atoms. The van der Waals surface area contributed by atoms with Crippen molar-refractivity contribution in [2.24, 2.45) is 0 Å². The molecule has 3 rings (SSSR count). The molecule has 0 amide bonds. The van der Waals surface area contributed by atoms with Gasteiger partial charge < -0.3 is 0 Å². The third-order valence-corrected chi connectivity index (χ3v) is 3.59. The van der Waals surface area contributed by atoms with Gasteiger partial charge in [-0.3, -0.25) is 0 Å². The van der Waals surface area contributed by atoms with Gasteiger partial charge in [-0.05, 0) is 29.2 Å². The average Bonchev–Trinajstić information content (AvgIpc) is 2.63. The Morgan fingerprint density at radius 2 is 1.31 bits per heavy atom. The first-order valence-electron chi connectivity index (χ1n) is 5.61. The molecular formula is C15H13Cl. The van der Waals surface area contributed by atoms with Gasteiger partial charge in [-0.2, -0.15) is 0 Å². The minimum Gasteiger partial charge on any atom is -0.122 e. The minimum absolute atomic E-state index is 0.129. The molecule has 2 aromatic rings. The predicted molar refractivity (Wildman–Crippen MR) is 69.0 cm³/mol. The number of rotatable bonds is 1. The van der Waals surface area contributed by atoms with Crippen LogP contribution in [0.4, 0.5) is 0 Å². The van der Waals surface area contributed by atoms with E-state index in [0.717, 1.165) is 0 Å². The summed E-state index contributed by atoms with van der Waals surface area (Å²) in [5, 5.41) is 0.129. The van der Waals surface area contributed by atoms with Gasteiger partial charge in [0.05, 0.1) is 0 Å². The monoisotopic (exact) mass is 228 g/mol. The summed E-state index contributed by atoms with van der Waals surface area (Å²) in [6.07, 6.45) is 0. The van der Waals surface area contributed by atoms with E-state index in [4.69, 9.17) is 11.6 Å². The molecule has 80 valence electrons. The minimum atomic E-state index is 0.129. The molecule has 16 heavy (non-hydrogen) atoms. The van der Waals surface area contributed by atoms with Gasteiger partial charge >= 0.3 is 0 Å². The molecule has 0 aliphatic heterocycles. The summed E-state index contributed by atoms with van der Waals surface area (Å²) in [6, 6.07) is 17.1. The van der Waals surface area contributed by atoms with Crippen molar-refractivity contribution in [2.75, 3.05) is 0 Å². The predicted octanol–water partition coefficient (Wildman–Crippen LogP) is 4.43. The van der Waals surface area contributed by atoms with E-state index in [1.54, 1.807) is 0 Å². The van der Waals surface area contributed by atoms with Crippen LogP contribution in [0.2, 0.25) is 0 Å². The Kier molecular flexibility index (Phi) is 2.26. The molecule has 1 heteroatoms. The third kappa shape index (κ3) is 1.30. The van der Waals surface area contributed by atoms with E-state index in [-0.39, 0.29) is 5.38 Å². The van der Waals surface area contributed by atoms with Gasteiger partial charge in [0.2, 0.25) is 0 Å². The second-order valence-electron chi connectivity index (χ2n) is 4.33. The zero-order valence-corrected chi connectivity index (χ0v) is 9.91. The molecule has 0 heterocycles. The van der Waals surface area contributed by atoms with Gasteiger partial charge in [-0.1, -0.05) is 48.5 Å². The van der Waals surface area contributed by atoms with Crippen molar-refractivity contribution >= 4 is 11.6 Å². The van der Waals surface area contributed by atoms with E-state index in [2.05, 4.69) is 55.5 Å². The van der Waals surface area contributed by atoms with Crippen LogP contribution in [0.1, 0.15) is 24.0 Å². The highest BCUT2D eigenvalue weighted by atomic mass is 35.5. The number of hydrogen-bond donors (Lipinski definition) is 0. The number of alkyl halides is 1. The fourth-order valence-corrected chi connectivity index (χ4v) is 2.96. The Bertz CT molecular complexity index is 483. The molecule has 0 N–H and O–H groups in total. The molecule has 0 radical (unpaired) electrons. The lowest BCUT2D eigenvalue weighted by Crippen LogP contribution is -2.07. The van der Waals surface area contributed by atoms with Crippen LogP contribution in [0.25, 0.3) is 11.1 Å². The maximum atomic E-state index is 6.34. The van der Waals surface area contributed by atoms with Gasteiger partial charge in [-0.15, -0.1) is 11.6 Å². The third-order valence-electron chi connectivity index (χ3n) is 3.34. The summed E-state index contributed by atoms with van der Waals surface area (Å²) in [5.74, 6) is 0.342. The fraction of sp³-hybridized carbons (Fsp3) is 0.200. The van der Waals surface area contributed by atoms with E-state index < -0.39 is 0 Å². The molecule has 1 unspecified atom stereocenters. The van der Waals surface area contributed by atoms with Crippen molar-refractivity contribution in [3.63, 3.8) is 0 Å². The summed E-state index contributed by atoms with van der Waals surface area (Å²) in [7, 11) is 0. The molecule has 1 atom stereocenters. The van der Waals surface area contributed by atoms with Crippen molar-refractivity contribution in [2.45, 2.75) is 18.2 Å². The van der Waals surface area contributed by atoms with Crippen molar-refractivity contribution in [3.8, 4) is 11.1 Å². The second-order valence-corrected chi connectivity index (χ2v) is 5.02. The Morgan fingerprint density at radius 3 is 1.75 bits per heavy atom. The van der Waals surface area contributed by atoms with Gasteiger partial charge in [0.25, 0.3) is 0 Å². The Balaban J connectivity index is 2.30. The summed E-state index contributed by atoms with van der Waals surface area (Å²) >= 11 is 6.34. The van der Waals surface area contributed by atoms with Crippen molar-refractivity contribution < 1.29 is 0 Å². The highest BCUT2D eigenvalue weighted by molar-refractivity contribution is 6.21. The van der Waals surface area contributed by atoms with Crippen LogP contribution in [0, 0.1) is 0 Å². The first-order valence-corrected chi connectivity index (χ1v) is 6.05. The largest absolute Gasteiger partial charge is 0.122 e.